The van der Waals surface area contributed by atoms with E-state index in [1.165, 1.54) is 18.3 Å². The summed E-state index contributed by atoms with van der Waals surface area (Å²) in [6.45, 7) is 1.86. The molecule has 0 unspecified atom stereocenters. The van der Waals surface area contributed by atoms with E-state index in [9.17, 15) is 26.0 Å². The van der Waals surface area contributed by atoms with Crippen molar-refractivity contribution in [1.82, 2.24) is 19.9 Å². The van der Waals surface area contributed by atoms with E-state index in [1.54, 1.807) is 0 Å². The molecule has 0 saturated carbocycles. The Hall–Kier alpha value is -1.22. The number of hydrogen-bond acceptors (Lipinski definition) is 4. The van der Waals surface area contributed by atoms with E-state index in [-0.39, 0.29) is 68.2 Å². The molecule has 2 heterocycles. The number of aliphatic imine (C=N–C) groups is 1. The number of piperidine rings is 1. The fourth-order valence-corrected chi connectivity index (χ4v) is 3.57. The van der Waals surface area contributed by atoms with Crippen LogP contribution in [0, 0.1) is 5.82 Å². The summed E-state index contributed by atoms with van der Waals surface area (Å²) in [5.74, 6) is -0.123. The molecule has 1 fully saturated rings. The van der Waals surface area contributed by atoms with Crippen LogP contribution < -0.4 is 10.6 Å². The lowest BCUT2D eigenvalue weighted by molar-refractivity contribution is -0.0494. The summed E-state index contributed by atoms with van der Waals surface area (Å²) >= 11 is 0. The first-order chi connectivity index (χ1) is 12.6. The fraction of sp³-hybridized carbons (Fsp3) is 0.600. The Kier molecular flexibility index (Phi) is 9.33. The first-order valence-electron chi connectivity index (χ1n) is 8.35. The predicted molar refractivity (Wildman–Crippen MR) is 107 cm³/mol. The Bertz CT molecular complexity index is 768. The predicted octanol–water partition coefficient (Wildman–Crippen LogP) is 2.21. The number of alkyl halides is 3. The lowest BCUT2D eigenvalue weighted by Crippen LogP contribution is -2.51. The van der Waals surface area contributed by atoms with E-state index < -0.39 is 21.3 Å². The highest BCUT2D eigenvalue weighted by Gasteiger charge is 2.50. The molecule has 7 nitrogen and oxygen atoms in total. The smallest absolute Gasteiger partial charge is 0.357 e. The van der Waals surface area contributed by atoms with Crippen LogP contribution in [0.25, 0.3) is 0 Å². The molecule has 160 valence electrons. The van der Waals surface area contributed by atoms with Crippen molar-refractivity contribution in [2.75, 3.05) is 19.6 Å². The van der Waals surface area contributed by atoms with Crippen molar-refractivity contribution >= 4 is 40.0 Å². The van der Waals surface area contributed by atoms with Crippen molar-refractivity contribution in [2.45, 2.75) is 37.9 Å². The van der Waals surface area contributed by atoms with Crippen LogP contribution in [-0.2, 0) is 16.6 Å². The number of sulfonamides is 1. The standard InChI is InChI=1S/C15H21F4N5O2S.HI/c1-2-20-14(22-10-13-12(16)4-3-7-21-13)23-11-5-8-24(9-6-11)27(25,26)15(17,18)19;/h3-4,7,11H,2,5-6,8-10H2,1H3,(H2,20,22,23);1H. The number of nitrogens with one attached hydrogen (secondary N) is 2. The van der Waals surface area contributed by atoms with Gasteiger partial charge in [0, 0.05) is 31.9 Å². The van der Waals surface area contributed by atoms with Crippen LogP contribution in [0.3, 0.4) is 0 Å². The number of nitrogens with zero attached hydrogens (tertiary/aromatic N) is 3. The minimum atomic E-state index is -5.30. The van der Waals surface area contributed by atoms with Crippen LogP contribution in [0.4, 0.5) is 17.6 Å². The Morgan fingerprint density at radius 2 is 2.00 bits per heavy atom. The Labute approximate surface area is 178 Å². The molecule has 28 heavy (non-hydrogen) atoms. The molecular weight excluding hydrogens is 517 g/mol. The van der Waals surface area contributed by atoms with E-state index in [1.807, 2.05) is 6.92 Å². The highest BCUT2D eigenvalue weighted by Crippen LogP contribution is 2.28. The summed E-state index contributed by atoms with van der Waals surface area (Å²) in [6, 6.07) is 2.49. The largest absolute Gasteiger partial charge is 0.511 e. The van der Waals surface area contributed by atoms with Crippen molar-refractivity contribution in [2.24, 2.45) is 4.99 Å². The molecule has 0 atom stereocenters. The number of rotatable bonds is 5. The molecule has 1 aromatic rings. The van der Waals surface area contributed by atoms with Gasteiger partial charge in [-0.15, -0.1) is 24.0 Å². The second kappa shape index (κ2) is 10.5. The zero-order valence-electron chi connectivity index (χ0n) is 15.0. The maximum absolute atomic E-state index is 13.6. The van der Waals surface area contributed by atoms with E-state index in [4.69, 9.17) is 0 Å². The maximum atomic E-state index is 13.6. The molecule has 0 spiro atoms. The minimum absolute atomic E-state index is 0. The summed E-state index contributed by atoms with van der Waals surface area (Å²) in [5, 5.41) is 6.01. The van der Waals surface area contributed by atoms with E-state index >= 15 is 0 Å². The van der Waals surface area contributed by atoms with Crippen molar-refractivity contribution in [3.8, 4) is 0 Å². The minimum Gasteiger partial charge on any atom is -0.357 e. The van der Waals surface area contributed by atoms with Crippen LogP contribution in [-0.4, -0.2) is 54.9 Å². The van der Waals surface area contributed by atoms with Gasteiger partial charge >= 0.3 is 15.5 Å². The molecule has 13 heteroatoms. The molecular formula is C15H22F4IN5O2S. The number of aromatic nitrogens is 1. The summed E-state index contributed by atoms with van der Waals surface area (Å²) in [5.41, 5.74) is -5.13. The van der Waals surface area contributed by atoms with Crippen molar-refractivity contribution in [3.63, 3.8) is 0 Å². The summed E-state index contributed by atoms with van der Waals surface area (Å²) in [7, 11) is -5.30. The maximum Gasteiger partial charge on any atom is 0.511 e. The second-order valence-electron chi connectivity index (χ2n) is 5.90. The zero-order valence-corrected chi connectivity index (χ0v) is 18.2. The number of pyridine rings is 1. The Morgan fingerprint density at radius 1 is 1.36 bits per heavy atom. The summed E-state index contributed by atoms with van der Waals surface area (Å²) in [6.07, 6.45) is 1.83. The van der Waals surface area contributed by atoms with Gasteiger partial charge in [0.25, 0.3) is 0 Å². The van der Waals surface area contributed by atoms with Crippen LogP contribution in [0.15, 0.2) is 23.3 Å². The van der Waals surface area contributed by atoms with Gasteiger partial charge in [0.1, 0.15) is 5.82 Å². The number of guanidine groups is 1. The third-order valence-corrected chi connectivity index (χ3v) is 5.62. The molecule has 2 rings (SSSR count). The summed E-state index contributed by atoms with van der Waals surface area (Å²) in [4.78, 5) is 8.13. The van der Waals surface area contributed by atoms with Gasteiger partial charge in [-0.3, -0.25) is 4.98 Å². The third-order valence-electron chi connectivity index (χ3n) is 3.99. The van der Waals surface area contributed by atoms with Crippen molar-refractivity contribution in [3.05, 3.63) is 29.8 Å². The molecule has 0 aromatic carbocycles. The van der Waals surface area contributed by atoms with Gasteiger partial charge in [-0.2, -0.15) is 17.5 Å². The van der Waals surface area contributed by atoms with E-state index in [2.05, 4.69) is 20.6 Å². The van der Waals surface area contributed by atoms with Gasteiger partial charge in [0.05, 0.1) is 12.2 Å². The fourth-order valence-electron chi connectivity index (χ4n) is 2.59. The van der Waals surface area contributed by atoms with E-state index in [0.29, 0.717) is 16.8 Å². The lowest BCUT2D eigenvalue weighted by Gasteiger charge is -2.32. The second-order valence-corrected chi connectivity index (χ2v) is 7.82. The number of halogens is 5. The molecule has 2 N–H and O–H groups in total. The third kappa shape index (κ3) is 6.40. The molecule has 0 bridgehead atoms. The summed E-state index contributed by atoms with van der Waals surface area (Å²) < 4.78 is 74.7. The first kappa shape index (κ1) is 24.8. The molecule has 1 aliphatic rings. The van der Waals surface area contributed by atoms with Gasteiger partial charge in [-0.05, 0) is 31.9 Å². The normalized spacial score (nSPS) is 17.1. The molecule has 1 aliphatic heterocycles. The number of hydrogen-bond donors (Lipinski definition) is 2. The average molecular weight is 539 g/mol. The van der Waals surface area contributed by atoms with E-state index in [0.717, 1.165) is 0 Å². The van der Waals surface area contributed by atoms with Crippen LogP contribution >= 0.6 is 24.0 Å². The zero-order chi connectivity index (χ0) is 20.1. The van der Waals surface area contributed by atoms with Crippen LogP contribution in [0.2, 0.25) is 0 Å². The topological polar surface area (TPSA) is 86.7 Å². The first-order valence-corrected chi connectivity index (χ1v) is 9.79. The van der Waals surface area contributed by atoms with Gasteiger partial charge in [-0.25, -0.2) is 17.8 Å². The van der Waals surface area contributed by atoms with Crippen molar-refractivity contribution in [1.29, 1.82) is 0 Å². The van der Waals surface area contributed by atoms with Crippen LogP contribution in [0.5, 0.6) is 0 Å². The molecule has 0 radical (unpaired) electrons. The highest BCUT2D eigenvalue weighted by molar-refractivity contribution is 14.0. The quantitative estimate of drug-likeness (QED) is 0.260. The Morgan fingerprint density at radius 3 is 2.54 bits per heavy atom. The molecule has 0 aliphatic carbocycles. The van der Waals surface area contributed by atoms with Gasteiger partial charge < -0.3 is 10.6 Å². The van der Waals surface area contributed by atoms with Crippen LogP contribution in [0.1, 0.15) is 25.5 Å². The molecule has 0 amide bonds. The average Bonchev–Trinajstić information content (AvgIpc) is 2.60. The lowest BCUT2D eigenvalue weighted by atomic mass is 10.1. The Balaban J connectivity index is 0.00000392. The van der Waals surface area contributed by atoms with Gasteiger partial charge in [-0.1, -0.05) is 0 Å². The van der Waals surface area contributed by atoms with Gasteiger partial charge in [0.15, 0.2) is 5.96 Å². The highest BCUT2D eigenvalue weighted by atomic mass is 127. The van der Waals surface area contributed by atoms with Crippen molar-refractivity contribution < 1.29 is 26.0 Å². The SMILES string of the molecule is CCNC(=NCc1ncccc1F)NC1CCN(S(=O)(=O)C(F)(F)F)CC1.I. The molecule has 1 saturated heterocycles. The monoisotopic (exact) mass is 539 g/mol. The molecule has 1 aromatic heterocycles. The van der Waals surface area contributed by atoms with Gasteiger partial charge in [0.2, 0.25) is 0 Å².